The molecule has 0 fully saturated rings. The molecule has 0 aliphatic carbocycles. The zero-order chi connectivity index (χ0) is 16.4. The summed E-state index contributed by atoms with van der Waals surface area (Å²) in [6, 6.07) is 9.23. The Morgan fingerprint density at radius 1 is 0.909 bits per heavy atom. The molecule has 0 spiro atoms. The van der Waals surface area contributed by atoms with Crippen molar-refractivity contribution in [1.29, 1.82) is 0 Å². The molecule has 0 radical (unpaired) electrons. The summed E-state index contributed by atoms with van der Waals surface area (Å²) in [5.74, 6) is 0.843. The molecule has 2 N–H and O–H groups in total. The van der Waals surface area contributed by atoms with Crippen molar-refractivity contribution in [3.63, 3.8) is 0 Å². The van der Waals surface area contributed by atoms with Crippen molar-refractivity contribution in [2.75, 3.05) is 5.32 Å². The van der Waals surface area contributed by atoms with Gasteiger partial charge in [0.15, 0.2) is 0 Å². The minimum atomic E-state index is 0.231. The quantitative estimate of drug-likeness (QED) is 0.609. The second kappa shape index (κ2) is 6.80. The standard InChI is InChI=1S/C18H21Cl2NO/c1-10(2)14-8-13(9-15(11(3)4)18(14)22)21-17-7-12(19)5-6-16(17)20/h5-11,21-22H,1-4H3. The maximum atomic E-state index is 10.4. The number of phenols is 1. The number of hydrogen-bond acceptors (Lipinski definition) is 2. The lowest BCUT2D eigenvalue weighted by atomic mass is 9.93. The van der Waals surface area contributed by atoms with Gasteiger partial charge in [0, 0.05) is 10.7 Å². The summed E-state index contributed by atoms with van der Waals surface area (Å²) in [6.45, 7) is 8.26. The minimum Gasteiger partial charge on any atom is -0.507 e. The van der Waals surface area contributed by atoms with Crippen molar-refractivity contribution in [3.05, 3.63) is 51.5 Å². The van der Waals surface area contributed by atoms with Crippen LogP contribution in [0.3, 0.4) is 0 Å². The molecule has 0 saturated heterocycles. The molecule has 2 nitrogen and oxygen atoms in total. The third kappa shape index (κ3) is 3.68. The third-order valence-electron chi connectivity index (χ3n) is 3.62. The van der Waals surface area contributed by atoms with Gasteiger partial charge in [-0.15, -0.1) is 0 Å². The highest BCUT2D eigenvalue weighted by molar-refractivity contribution is 6.35. The van der Waals surface area contributed by atoms with Crippen LogP contribution in [0.15, 0.2) is 30.3 Å². The van der Waals surface area contributed by atoms with E-state index < -0.39 is 0 Å². The first-order valence-corrected chi connectivity index (χ1v) is 8.14. The third-order valence-corrected chi connectivity index (χ3v) is 4.18. The van der Waals surface area contributed by atoms with Gasteiger partial charge in [0.25, 0.3) is 0 Å². The minimum absolute atomic E-state index is 0.231. The number of benzene rings is 2. The van der Waals surface area contributed by atoms with Crippen LogP contribution in [0.25, 0.3) is 0 Å². The van der Waals surface area contributed by atoms with Crippen LogP contribution in [0.5, 0.6) is 5.75 Å². The lowest BCUT2D eigenvalue weighted by molar-refractivity contribution is 0.454. The number of rotatable bonds is 4. The summed E-state index contributed by atoms with van der Waals surface area (Å²) in [5.41, 5.74) is 3.50. The van der Waals surface area contributed by atoms with Gasteiger partial charge in [-0.2, -0.15) is 0 Å². The molecule has 4 heteroatoms. The van der Waals surface area contributed by atoms with Crippen LogP contribution < -0.4 is 5.32 Å². The summed E-state index contributed by atoms with van der Waals surface area (Å²) in [6.07, 6.45) is 0. The maximum Gasteiger partial charge on any atom is 0.122 e. The molecule has 0 aliphatic heterocycles. The SMILES string of the molecule is CC(C)c1cc(Nc2cc(Cl)ccc2Cl)cc(C(C)C)c1O. The molecule has 2 aromatic carbocycles. The molecule has 22 heavy (non-hydrogen) atoms. The van der Waals surface area contributed by atoms with Gasteiger partial charge < -0.3 is 10.4 Å². The Morgan fingerprint density at radius 3 is 1.95 bits per heavy atom. The van der Waals surface area contributed by atoms with Gasteiger partial charge in [0.1, 0.15) is 5.75 Å². The smallest absolute Gasteiger partial charge is 0.122 e. The van der Waals surface area contributed by atoms with Crippen molar-refractivity contribution in [2.24, 2.45) is 0 Å². The van der Waals surface area contributed by atoms with E-state index in [1.165, 1.54) is 0 Å². The van der Waals surface area contributed by atoms with Gasteiger partial charge in [-0.25, -0.2) is 0 Å². The fourth-order valence-corrected chi connectivity index (χ4v) is 2.72. The van der Waals surface area contributed by atoms with E-state index in [1.54, 1.807) is 18.2 Å². The highest BCUT2D eigenvalue weighted by Gasteiger charge is 2.15. The van der Waals surface area contributed by atoms with Gasteiger partial charge in [0.05, 0.1) is 10.7 Å². The predicted octanol–water partition coefficient (Wildman–Crippen LogP) is 6.69. The van der Waals surface area contributed by atoms with Crippen LogP contribution in [-0.2, 0) is 0 Å². The molecule has 2 aromatic rings. The number of anilines is 2. The topological polar surface area (TPSA) is 32.3 Å². The first-order valence-electron chi connectivity index (χ1n) is 7.38. The number of hydrogen-bond donors (Lipinski definition) is 2. The summed E-state index contributed by atoms with van der Waals surface area (Å²) in [7, 11) is 0. The van der Waals surface area contributed by atoms with Crippen LogP contribution in [0.1, 0.15) is 50.7 Å². The lowest BCUT2D eigenvalue weighted by Gasteiger charge is -2.18. The van der Waals surface area contributed by atoms with E-state index in [-0.39, 0.29) is 11.8 Å². The normalized spacial score (nSPS) is 11.3. The fourth-order valence-electron chi connectivity index (χ4n) is 2.38. The van der Waals surface area contributed by atoms with E-state index in [9.17, 15) is 5.11 Å². The summed E-state index contributed by atoms with van der Waals surface area (Å²) < 4.78 is 0. The van der Waals surface area contributed by atoms with Gasteiger partial charge >= 0.3 is 0 Å². The molecule has 0 aromatic heterocycles. The van der Waals surface area contributed by atoms with Crippen molar-refractivity contribution >= 4 is 34.6 Å². The average Bonchev–Trinajstić information content (AvgIpc) is 2.44. The highest BCUT2D eigenvalue weighted by Crippen LogP contribution is 2.38. The fraction of sp³-hybridized carbons (Fsp3) is 0.333. The van der Waals surface area contributed by atoms with Crippen molar-refractivity contribution in [2.45, 2.75) is 39.5 Å². The Bertz CT molecular complexity index is 652. The Morgan fingerprint density at radius 2 is 1.45 bits per heavy atom. The van der Waals surface area contributed by atoms with E-state index >= 15 is 0 Å². The Labute approximate surface area is 142 Å². The summed E-state index contributed by atoms with van der Waals surface area (Å²) in [4.78, 5) is 0. The Balaban J connectivity index is 2.49. The lowest BCUT2D eigenvalue weighted by Crippen LogP contribution is -1.99. The van der Waals surface area contributed by atoms with Crippen LogP contribution in [0.2, 0.25) is 10.0 Å². The number of phenolic OH excluding ortho intramolecular Hbond substituents is 1. The number of halogens is 2. The molecule has 0 unspecified atom stereocenters. The van der Waals surface area contributed by atoms with Crippen LogP contribution in [-0.4, -0.2) is 5.11 Å². The molecule has 0 bridgehead atoms. The van der Waals surface area contributed by atoms with Crippen LogP contribution in [0.4, 0.5) is 11.4 Å². The number of aromatic hydroxyl groups is 1. The molecular formula is C18H21Cl2NO. The summed E-state index contributed by atoms with van der Waals surface area (Å²) >= 11 is 12.2. The molecule has 0 heterocycles. The van der Waals surface area contributed by atoms with E-state index in [4.69, 9.17) is 23.2 Å². The molecule has 0 atom stereocenters. The van der Waals surface area contributed by atoms with Gasteiger partial charge in [-0.3, -0.25) is 0 Å². The molecule has 0 saturated carbocycles. The second-order valence-electron chi connectivity index (χ2n) is 6.06. The second-order valence-corrected chi connectivity index (χ2v) is 6.91. The largest absolute Gasteiger partial charge is 0.507 e. The molecule has 118 valence electrons. The molecular weight excluding hydrogens is 317 g/mol. The number of nitrogens with one attached hydrogen (secondary N) is 1. The highest BCUT2D eigenvalue weighted by atomic mass is 35.5. The Hall–Kier alpha value is -1.38. The Kier molecular flexibility index (Phi) is 5.25. The molecule has 0 amide bonds. The van der Waals surface area contributed by atoms with Gasteiger partial charge in [0.2, 0.25) is 0 Å². The van der Waals surface area contributed by atoms with Crippen LogP contribution in [0, 0.1) is 0 Å². The first-order chi connectivity index (χ1) is 10.3. The van der Waals surface area contributed by atoms with E-state index in [1.807, 2.05) is 12.1 Å². The zero-order valence-electron chi connectivity index (χ0n) is 13.2. The summed E-state index contributed by atoms with van der Waals surface area (Å²) in [5, 5.41) is 15.0. The van der Waals surface area contributed by atoms with Crippen LogP contribution >= 0.6 is 23.2 Å². The van der Waals surface area contributed by atoms with E-state index in [2.05, 4.69) is 33.0 Å². The average molecular weight is 338 g/mol. The van der Waals surface area contributed by atoms with E-state index in [0.717, 1.165) is 22.5 Å². The van der Waals surface area contributed by atoms with Crippen molar-refractivity contribution in [3.8, 4) is 5.75 Å². The first kappa shape index (κ1) is 17.0. The van der Waals surface area contributed by atoms with Gasteiger partial charge in [-0.1, -0.05) is 50.9 Å². The predicted molar refractivity (Wildman–Crippen MR) is 96.0 cm³/mol. The zero-order valence-corrected chi connectivity index (χ0v) is 14.8. The van der Waals surface area contributed by atoms with Gasteiger partial charge in [-0.05, 0) is 53.3 Å². The monoisotopic (exact) mass is 337 g/mol. The van der Waals surface area contributed by atoms with Crippen molar-refractivity contribution < 1.29 is 5.11 Å². The maximum absolute atomic E-state index is 10.4. The molecule has 0 aliphatic rings. The van der Waals surface area contributed by atoms with E-state index in [0.29, 0.717) is 15.8 Å². The van der Waals surface area contributed by atoms with Crippen molar-refractivity contribution in [1.82, 2.24) is 0 Å². The molecule has 2 rings (SSSR count).